The minimum absolute atomic E-state index is 0.164. The molecule has 1 aromatic heterocycles. The lowest BCUT2D eigenvalue weighted by molar-refractivity contribution is -0.605. The van der Waals surface area contributed by atoms with Crippen molar-refractivity contribution in [2.24, 2.45) is 0 Å². The molecule has 4 nitrogen and oxygen atoms in total. The largest absolute Gasteiger partial charge is 0.619 e. The van der Waals surface area contributed by atoms with Crippen LogP contribution in [-0.2, 0) is 0 Å². The fourth-order valence-corrected chi connectivity index (χ4v) is 1.81. The molecule has 1 atom stereocenters. The van der Waals surface area contributed by atoms with Gasteiger partial charge in [0, 0.05) is 18.7 Å². The molecular weight excluding hydrogens is 240 g/mol. The lowest BCUT2D eigenvalue weighted by atomic mass is 10.0. The van der Waals surface area contributed by atoms with Crippen LogP contribution >= 0.6 is 0 Å². The Kier molecular flexibility index (Phi) is 4.13. The molecule has 0 aliphatic carbocycles. The van der Waals surface area contributed by atoms with E-state index in [2.05, 4.69) is 12.2 Å². The van der Waals surface area contributed by atoms with E-state index in [9.17, 15) is 10.0 Å². The summed E-state index contributed by atoms with van der Waals surface area (Å²) in [6, 6.07) is 13.0. The van der Waals surface area contributed by atoms with Crippen molar-refractivity contribution in [3.8, 4) is 0 Å². The molecule has 2 aromatic rings. The lowest BCUT2D eigenvalue weighted by Crippen LogP contribution is -2.29. The molecule has 1 N–H and O–H groups in total. The van der Waals surface area contributed by atoms with Crippen molar-refractivity contribution < 1.29 is 9.52 Å². The fourth-order valence-electron chi connectivity index (χ4n) is 1.81. The molecule has 1 unspecified atom stereocenters. The van der Waals surface area contributed by atoms with Gasteiger partial charge in [-0.05, 0) is 11.5 Å². The van der Waals surface area contributed by atoms with Crippen LogP contribution < -0.4 is 10.0 Å². The van der Waals surface area contributed by atoms with Gasteiger partial charge in [0.2, 0.25) is 0 Å². The highest BCUT2D eigenvalue weighted by atomic mass is 16.5. The molecule has 0 saturated carbocycles. The SMILES string of the molecule is CC(CNC(=O)c1cc[n+]([O-])cc1)c1ccccc1. The van der Waals surface area contributed by atoms with Gasteiger partial charge in [0.25, 0.3) is 5.91 Å². The first-order chi connectivity index (χ1) is 9.16. The summed E-state index contributed by atoms with van der Waals surface area (Å²) < 4.78 is 0.656. The zero-order chi connectivity index (χ0) is 13.7. The molecule has 1 aromatic carbocycles. The van der Waals surface area contributed by atoms with Gasteiger partial charge < -0.3 is 10.5 Å². The molecule has 0 spiro atoms. The third-order valence-electron chi connectivity index (χ3n) is 3.00. The van der Waals surface area contributed by atoms with Crippen LogP contribution in [0.1, 0.15) is 28.8 Å². The third kappa shape index (κ3) is 3.55. The van der Waals surface area contributed by atoms with Crippen molar-refractivity contribution in [1.29, 1.82) is 0 Å². The van der Waals surface area contributed by atoms with Gasteiger partial charge in [0.05, 0.1) is 5.56 Å². The van der Waals surface area contributed by atoms with Gasteiger partial charge in [-0.2, -0.15) is 4.73 Å². The van der Waals surface area contributed by atoms with Crippen LogP contribution in [0.2, 0.25) is 0 Å². The second-order valence-electron chi connectivity index (χ2n) is 4.47. The van der Waals surface area contributed by atoms with Crippen LogP contribution in [0.4, 0.5) is 0 Å². The second-order valence-corrected chi connectivity index (χ2v) is 4.47. The number of rotatable bonds is 4. The van der Waals surface area contributed by atoms with Gasteiger partial charge in [-0.25, -0.2) is 0 Å². The van der Waals surface area contributed by atoms with Gasteiger partial charge >= 0.3 is 0 Å². The Morgan fingerprint density at radius 3 is 2.47 bits per heavy atom. The van der Waals surface area contributed by atoms with Gasteiger partial charge in [0.1, 0.15) is 0 Å². The number of aromatic nitrogens is 1. The number of amides is 1. The molecule has 0 saturated heterocycles. The first-order valence-electron chi connectivity index (χ1n) is 6.19. The zero-order valence-electron chi connectivity index (χ0n) is 10.7. The van der Waals surface area contributed by atoms with Gasteiger partial charge in [0.15, 0.2) is 12.4 Å². The highest BCUT2D eigenvalue weighted by Crippen LogP contribution is 2.13. The Morgan fingerprint density at radius 1 is 1.21 bits per heavy atom. The Bertz CT molecular complexity index is 538. The van der Waals surface area contributed by atoms with E-state index in [0.717, 1.165) is 0 Å². The van der Waals surface area contributed by atoms with Crippen molar-refractivity contribution in [3.63, 3.8) is 0 Å². The third-order valence-corrected chi connectivity index (χ3v) is 3.00. The van der Waals surface area contributed by atoms with Crippen LogP contribution in [0.25, 0.3) is 0 Å². The van der Waals surface area contributed by atoms with Crippen molar-refractivity contribution in [2.45, 2.75) is 12.8 Å². The number of benzene rings is 1. The monoisotopic (exact) mass is 256 g/mol. The van der Waals surface area contributed by atoms with Gasteiger partial charge in [-0.3, -0.25) is 4.79 Å². The summed E-state index contributed by atoms with van der Waals surface area (Å²) in [7, 11) is 0. The lowest BCUT2D eigenvalue weighted by Gasteiger charge is -2.12. The van der Waals surface area contributed by atoms with E-state index in [4.69, 9.17) is 0 Å². The van der Waals surface area contributed by atoms with Crippen LogP contribution in [0.5, 0.6) is 0 Å². The van der Waals surface area contributed by atoms with E-state index < -0.39 is 0 Å². The van der Waals surface area contributed by atoms with E-state index in [1.165, 1.54) is 30.1 Å². The molecule has 1 amide bonds. The first kappa shape index (κ1) is 13.1. The van der Waals surface area contributed by atoms with Gasteiger partial charge in [-0.15, -0.1) is 0 Å². The number of carbonyl (C=O) groups excluding carboxylic acids is 1. The summed E-state index contributed by atoms with van der Waals surface area (Å²) in [4.78, 5) is 11.9. The zero-order valence-corrected chi connectivity index (χ0v) is 10.7. The summed E-state index contributed by atoms with van der Waals surface area (Å²) in [5.41, 5.74) is 1.68. The van der Waals surface area contributed by atoms with Crippen molar-refractivity contribution in [1.82, 2.24) is 5.32 Å². The Balaban J connectivity index is 1.92. The Hall–Kier alpha value is -2.36. The smallest absolute Gasteiger partial charge is 0.251 e. The quantitative estimate of drug-likeness (QED) is 0.670. The highest BCUT2D eigenvalue weighted by molar-refractivity contribution is 5.93. The maximum Gasteiger partial charge on any atom is 0.251 e. The topological polar surface area (TPSA) is 56.0 Å². The molecule has 0 bridgehead atoms. The number of nitrogens with zero attached hydrogens (tertiary/aromatic N) is 1. The van der Waals surface area contributed by atoms with Crippen LogP contribution in [0.3, 0.4) is 0 Å². The van der Waals surface area contributed by atoms with Crippen molar-refractivity contribution in [3.05, 3.63) is 71.2 Å². The van der Waals surface area contributed by atoms with Gasteiger partial charge in [-0.1, -0.05) is 37.3 Å². The van der Waals surface area contributed by atoms with Crippen molar-refractivity contribution in [2.75, 3.05) is 6.54 Å². The minimum atomic E-state index is -0.164. The molecule has 2 rings (SSSR count). The molecule has 98 valence electrons. The molecule has 0 aliphatic heterocycles. The molecule has 0 fully saturated rings. The normalized spacial score (nSPS) is 11.8. The van der Waals surface area contributed by atoms with Crippen LogP contribution in [0, 0.1) is 5.21 Å². The Labute approximate surface area is 112 Å². The highest BCUT2D eigenvalue weighted by Gasteiger charge is 2.09. The summed E-state index contributed by atoms with van der Waals surface area (Å²) >= 11 is 0. The molecule has 4 heteroatoms. The van der Waals surface area contributed by atoms with E-state index in [0.29, 0.717) is 16.8 Å². The fraction of sp³-hybridized carbons (Fsp3) is 0.200. The van der Waals surface area contributed by atoms with Crippen LogP contribution in [-0.4, -0.2) is 12.5 Å². The number of hydrogen-bond acceptors (Lipinski definition) is 2. The average molecular weight is 256 g/mol. The molecule has 0 aliphatic rings. The van der Waals surface area contributed by atoms with Crippen molar-refractivity contribution >= 4 is 5.91 Å². The molecule has 1 heterocycles. The summed E-state index contributed by atoms with van der Waals surface area (Å²) in [6.45, 7) is 2.63. The van der Waals surface area contributed by atoms with E-state index in [1.807, 2.05) is 30.3 Å². The summed E-state index contributed by atoms with van der Waals surface area (Å²) in [6.07, 6.45) is 2.63. The molecule has 19 heavy (non-hydrogen) atoms. The second kappa shape index (κ2) is 6.00. The molecule has 0 radical (unpaired) electrons. The maximum absolute atomic E-state index is 11.9. The minimum Gasteiger partial charge on any atom is -0.619 e. The number of hydrogen-bond donors (Lipinski definition) is 1. The molecular formula is C15H16N2O2. The predicted octanol–water partition coefficient (Wildman–Crippen LogP) is 1.85. The number of nitrogens with one attached hydrogen (secondary N) is 1. The van der Waals surface area contributed by atoms with E-state index >= 15 is 0 Å². The van der Waals surface area contributed by atoms with E-state index in [-0.39, 0.29) is 11.8 Å². The summed E-state index contributed by atoms with van der Waals surface area (Å²) in [5.74, 6) is 0.0849. The Morgan fingerprint density at radius 2 is 1.84 bits per heavy atom. The summed E-state index contributed by atoms with van der Waals surface area (Å²) in [5, 5.41) is 13.7. The number of pyridine rings is 1. The first-order valence-corrected chi connectivity index (χ1v) is 6.19. The van der Waals surface area contributed by atoms with Crippen LogP contribution in [0.15, 0.2) is 54.9 Å². The number of carbonyl (C=O) groups is 1. The van der Waals surface area contributed by atoms with E-state index in [1.54, 1.807) is 0 Å². The standard InChI is InChI=1S/C15H16N2O2/c1-12(13-5-3-2-4-6-13)11-16-15(18)14-7-9-17(19)10-8-14/h2-10,12H,11H2,1H3,(H,16,18). The maximum atomic E-state index is 11.9. The predicted molar refractivity (Wildman–Crippen MR) is 72.6 cm³/mol. The average Bonchev–Trinajstić information content (AvgIpc) is 2.46.